The van der Waals surface area contributed by atoms with Gasteiger partial charge in [0.1, 0.15) is 6.04 Å². The lowest BCUT2D eigenvalue weighted by Crippen LogP contribution is -2.29. The van der Waals surface area contributed by atoms with Crippen LogP contribution in [0.4, 0.5) is 0 Å². The molecule has 1 aliphatic heterocycles. The van der Waals surface area contributed by atoms with Crippen LogP contribution >= 0.6 is 0 Å². The van der Waals surface area contributed by atoms with E-state index in [0.717, 1.165) is 19.4 Å². The first kappa shape index (κ1) is 12.2. The maximum absolute atomic E-state index is 10.9. The molecule has 0 bridgehead atoms. The highest BCUT2D eigenvalue weighted by Crippen LogP contribution is 2.25. The van der Waals surface area contributed by atoms with Crippen LogP contribution in [0.15, 0.2) is 42.5 Å². The number of fused-ring (bicyclic) bond motifs is 1. The molecule has 1 saturated heterocycles. The molecule has 3 heteroatoms. The summed E-state index contributed by atoms with van der Waals surface area (Å²) < 4.78 is 0. The standard InChI is InChI=1S/C16H17NO2/c18-16(19)15-9-11(10-17-15)8-13-6-3-5-12-4-1-2-7-14(12)13/h1-7,11,15,17H,8-10H2,(H,18,19)/t11-,15+/m1/s1. The smallest absolute Gasteiger partial charge is 0.320 e. The molecule has 0 unspecified atom stereocenters. The Labute approximate surface area is 112 Å². The van der Waals surface area contributed by atoms with Gasteiger partial charge in [-0.1, -0.05) is 42.5 Å². The zero-order chi connectivity index (χ0) is 13.2. The Hall–Kier alpha value is -1.87. The molecule has 0 aliphatic carbocycles. The SMILES string of the molecule is O=C(O)[C@@H]1C[C@@H](Cc2cccc3ccccc23)CN1. The fourth-order valence-electron chi connectivity index (χ4n) is 2.93. The van der Waals surface area contributed by atoms with Crippen LogP contribution in [0.1, 0.15) is 12.0 Å². The number of rotatable bonds is 3. The van der Waals surface area contributed by atoms with E-state index >= 15 is 0 Å². The summed E-state index contributed by atoms with van der Waals surface area (Å²) in [5, 5.41) is 14.6. The Morgan fingerprint density at radius 3 is 2.79 bits per heavy atom. The van der Waals surface area contributed by atoms with E-state index in [1.54, 1.807) is 0 Å². The quantitative estimate of drug-likeness (QED) is 0.885. The molecule has 0 radical (unpaired) electrons. The molecule has 1 fully saturated rings. The first-order valence-electron chi connectivity index (χ1n) is 6.67. The van der Waals surface area contributed by atoms with Crippen molar-refractivity contribution in [3.8, 4) is 0 Å². The number of carboxylic acid groups (broad SMARTS) is 1. The molecule has 1 heterocycles. The lowest BCUT2D eigenvalue weighted by atomic mass is 9.93. The van der Waals surface area contributed by atoms with Gasteiger partial charge in [-0.25, -0.2) is 0 Å². The van der Waals surface area contributed by atoms with E-state index in [2.05, 4.69) is 41.7 Å². The minimum atomic E-state index is -0.736. The first-order valence-corrected chi connectivity index (χ1v) is 6.67. The predicted octanol–water partition coefficient (Wildman–Crippen LogP) is 2.45. The molecule has 3 rings (SSSR count). The molecule has 1 aliphatic rings. The average molecular weight is 255 g/mol. The van der Waals surface area contributed by atoms with Gasteiger partial charge in [-0.15, -0.1) is 0 Å². The van der Waals surface area contributed by atoms with Gasteiger partial charge in [-0.3, -0.25) is 4.79 Å². The molecule has 3 nitrogen and oxygen atoms in total. The summed E-state index contributed by atoms with van der Waals surface area (Å²) in [5.41, 5.74) is 1.32. The van der Waals surface area contributed by atoms with E-state index in [0.29, 0.717) is 5.92 Å². The molecule has 2 N–H and O–H groups in total. The molecule has 2 atom stereocenters. The number of benzene rings is 2. The van der Waals surface area contributed by atoms with Crippen LogP contribution in [0, 0.1) is 5.92 Å². The summed E-state index contributed by atoms with van der Waals surface area (Å²) in [6.45, 7) is 0.792. The predicted molar refractivity (Wildman–Crippen MR) is 75.2 cm³/mol. The van der Waals surface area contributed by atoms with E-state index in [1.807, 2.05) is 6.07 Å². The molecule has 0 aromatic heterocycles. The van der Waals surface area contributed by atoms with E-state index in [4.69, 9.17) is 5.11 Å². The fraction of sp³-hybridized carbons (Fsp3) is 0.312. The number of hydrogen-bond acceptors (Lipinski definition) is 2. The molecule has 0 spiro atoms. The third kappa shape index (κ3) is 2.47. The maximum Gasteiger partial charge on any atom is 0.320 e. The third-order valence-corrected chi connectivity index (χ3v) is 3.91. The van der Waals surface area contributed by atoms with Crippen molar-refractivity contribution in [2.24, 2.45) is 5.92 Å². The molecule has 0 amide bonds. The summed E-state index contributed by atoms with van der Waals surface area (Å²) in [4.78, 5) is 10.9. The molecular formula is C16H17NO2. The van der Waals surface area contributed by atoms with Crippen molar-refractivity contribution in [1.29, 1.82) is 0 Å². The second kappa shape index (κ2) is 5.02. The Balaban J connectivity index is 1.81. The largest absolute Gasteiger partial charge is 0.480 e. The van der Waals surface area contributed by atoms with Crippen LogP contribution < -0.4 is 5.32 Å². The van der Waals surface area contributed by atoms with Gasteiger partial charge in [0.2, 0.25) is 0 Å². The highest BCUT2D eigenvalue weighted by molar-refractivity contribution is 5.85. The van der Waals surface area contributed by atoms with Gasteiger partial charge in [0.05, 0.1) is 0 Å². The Morgan fingerprint density at radius 1 is 1.21 bits per heavy atom. The minimum Gasteiger partial charge on any atom is -0.480 e. The monoisotopic (exact) mass is 255 g/mol. The zero-order valence-electron chi connectivity index (χ0n) is 10.7. The van der Waals surface area contributed by atoms with Crippen LogP contribution in [0.3, 0.4) is 0 Å². The highest BCUT2D eigenvalue weighted by atomic mass is 16.4. The third-order valence-electron chi connectivity index (χ3n) is 3.91. The van der Waals surface area contributed by atoms with Gasteiger partial charge >= 0.3 is 5.97 Å². The van der Waals surface area contributed by atoms with E-state index in [-0.39, 0.29) is 6.04 Å². The van der Waals surface area contributed by atoms with Crippen molar-refractivity contribution in [3.05, 3.63) is 48.0 Å². The second-order valence-electron chi connectivity index (χ2n) is 5.24. The zero-order valence-corrected chi connectivity index (χ0v) is 10.7. The summed E-state index contributed by atoms with van der Waals surface area (Å²) in [6.07, 6.45) is 1.66. The topological polar surface area (TPSA) is 49.3 Å². The van der Waals surface area contributed by atoms with E-state index in [1.165, 1.54) is 16.3 Å². The molecule has 19 heavy (non-hydrogen) atoms. The number of hydrogen-bond donors (Lipinski definition) is 2. The minimum absolute atomic E-state index is 0.375. The maximum atomic E-state index is 10.9. The Kier molecular flexibility index (Phi) is 3.22. The first-order chi connectivity index (χ1) is 9.24. The number of aliphatic carboxylic acids is 1. The molecule has 0 saturated carbocycles. The highest BCUT2D eigenvalue weighted by Gasteiger charge is 2.29. The van der Waals surface area contributed by atoms with E-state index in [9.17, 15) is 4.79 Å². The number of carboxylic acids is 1. The van der Waals surface area contributed by atoms with Crippen molar-refractivity contribution in [3.63, 3.8) is 0 Å². The Morgan fingerprint density at radius 2 is 2.00 bits per heavy atom. The second-order valence-corrected chi connectivity index (χ2v) is 5.24. The van der Waals surface area contributed by atoms with Gasteiger partial charge in [0.25, 0.3) is 0 Å². The summed E-state index contributed by atoms with van der Waals surface area (Å²) in [7, 11) is 0. The van der Waals surface area contributed by atoms with Crippen molar-refractivity contribution >= 4 is 16.7 Å². The Bertz CT molecular complexity index is 603. The van der Waals surface area contributed by atoms with Crippen LogP contribution in [-0.4, -0.2) is 23.7 Å². The van der Waals surface area contributed by atoms with Crippen LogP contribution in [0.25, 0.3) is 10.8 Å². The molecule has 2 aromatic carbocycles. The number of nitrogens with one attached hydrogen (secondary N) is 1. The van der Waals surface area contributed by atoms with Gasteiger partial charge in [0, 0.05) is 0 Å². The number of carbonyl (C=O) groups is 1. The van der Waals surface area contributed by atoms with Crippen LogP contribution in [0.2, 0.25) is 0 Å². The van der Waals surface area contributed by atoms with Gasteiger partial charge in [0.15, 0.2) is 0 Å². The molecule has 2 aromatic rings. The van der Waals surface area contributed by atoms with Crippen molar-refractivity contribution in [1.82, 2.24) is 5.32 Å². The van der Waals surface area contributed by atoms with Gasteiger partial charge in [-0.2, -0.15) is 0 Å². The van der Waals surface area contributed by atoms with Crippen LogP contribution in [0.5, 0.6) is 0 Å². The van der Waals surface area contributed by atoms with E-state index < -0.39 is 5.97 Å². The lowest BCUT2D eigenvalue weighted by Gasteiger charge is -2.11. The van der Waals surface area contributed by atoms with Gasteiger partial charge in [-0.05, 0) is 41.6 Å². The van der Waals surface area contributed by atoms with Crippen molar-refractivity contribution < 1.29 is 9.90 Å². The summed E-state index contributed by atoms with van der Waals surface area (Å²) >= 11 is 0. The molecule has 98 valence electrons. The van der Waals surface area contributed by atoms with Crippen LogP contribution in [-0.2, 0) is 11.2 Å². The van der Waals surface area contributed by atoms with Crippen molar-refractivity contribution in [2.45, 2.75) is 18.9 Å². The summed E-state index contributed by atoms with van der Waals surface area (Å²) in [5.74, 6) is -0.327. The summed E-state index contributed by atoms with van der Waals surface area (Å²) in [6, 6.07) is 14.3. The normalized spacial score (nSPS) is 22.7. The molecular weight excluding hydrogens is 238 g/mol. The van der Waals surface area contributed by atoms with Crippen molar-refractivity contribution in [2.75, 3.05) is 6.54 Å². The van der Waals surface area contributed by atoms with Gasteiger partial charge < -0.3 is 10.4 Å². The lowest BCUT2D eigenvalue weighted by molar-refractivity contribution is -0.139. The fourth-order valence-corrected chi connectivity index (χ4v) is 2.93. The average Bonchev–Trinajstić information content (AvgIpc) is 2.88.